The summed E-state index contributed by atoms with van der Waals surface area (Å²) in [6.07, 6.45) is -8.58. The van der Waals surface area contributed by atoms with Crippen LogP contribution in [0.3, 0.4) is 0 Å². The van der Waals surface area contributed by atoms with E-state index in [4.69, 9.17) is 63.0 Å². The van der Waals surface area contributed by atoms with Gasteiger partial charge in [-0.05, 0) is 66.5 Å². The highest BCUT2D eigenvalue weighted by atomic mass is 28.5. The molecule has 7 aliphatic rings. The summed E-state index contributed by atoms with van der Waals surface area (Å²) >= 11 is 0. The molecule has 11 rings (SSSR count). The fourth-order valence-electron chi connectivity index (χ4n) is 17.1. The Morgan fingerprint density at radius 1 is 0.425 bits per heavy atom. The van der Waals surface area contributed by atoms with Gasteiger partial charge in [0.05, 0.1) is 26.4 Å². The van der Waals surface area contributed by atoms with Gasteiger partial charge in [-0.3, -0.25) is 62.2 Å². The lowest BCUT2D eigenvalue weighted by molar-refractivity contribution is -0.130. The lowest BCUT2D eigenvalue weighted by Gasteiger charge is -2.51. The maximum absolute atomic E-state index is 13.4. The van der Waals surface area contributed by atoms with Crippen LogP contribution in [-0.4, -0.2) is 222 Å². The van der Waals surface area contributed by atoms with Gasteiger partial charge in [-0.25, -0.2) is 19.2 Å². The number of aliphatic hydroxyl groups excluding tert-OH is 4. The number of ether oxygens (including phenoxy) is 4. The zero-order chi connectivity index (χ0) is 89.4. The summed E-state index contributed by atoms with van der Waals surface area (Å²) in [5, 5.41) is 51.7. The first-order valence-corrected chi connectivity index (χ1v) is 56.9. The van der Waals surface area contributed by atoms with Crippen molar-refractivity contribution in [3.63, 3.8) is 0 Å². The highest BCUT2D eigenvalue weighted by Gasteiger charge is 2.68. The first-order chi connectivity index (χ1) is 55.1. The van der Waals surface area contributed by atoms with Gasteiger partial charge < -0.3 is 83.4 Å². The molecule has 7 fully saturated rings. The lowest BCUT2D eigenvalue weighted by atomic mass is 9.95. The summed E-state index contributed by atoms with van der Waals surface area (Å²) < 4.78 is 90.3. The highest BCUT2D eigenvalue weighted by Crippen LogP contribution is 2.53. The van der Waals surface area contributed by atoms with Crippen LogP contribution in [0.5, 0.6) is 0 Å². The molecular formula is C78H136N8O27Si7. The van der Waals surface area contributed by atoms with E-state index in [1.165, 1.54) is 45.9 Å². The third-order valence-corrected chi connectivity index (χ3v) is 55.1. The van der Waals surface area contributed by atoms with Crippen LogP contribution in [-0.2, 0) is 62.6 Å². The van der Waals surface area contributed by atoms with Gasteiger partial charge in [-0.15, -0.1) is 5.54 Å². The third kappa shape index (κ3) is 20.4. The smallest absolute Gasteiger partial charge is 0.335 e. The van der Waals surface area contributed by atoms with Gasteiger partial charge >= 0.3 is 74.1 Å². The van der Waals surface area contributed by atoms with E-state index in [9.17, 15) is 63.6 Å². The molecule has 0 radical (unpaired) electrons. The number of aromatic nitrogens is 8. The average Bonchev–Trinajstić information content (AvgIpc) is 1.52. The maximum Gasteiger partial charge on any atom is 0.335 e. The SMILES string of the molecule is C.CC(C)[Si]1(C(C)C)OC[C@H]2O[C@@H](n3ccc(=O)[nH]c3=O)C(=O)[C@@H]2O[Si](C(C)C)(C(C)C)O1.CC(C)[Si]1(C(C)C)OC[C@H]2O[C@@H](n3ccc(=O)[nH]c3=O)[C@H](O)[C@@H]2O[Si](C(C)C)(C(C)C)O1.CC(C)[Si]1(C(C)C)OC[C@H]2O[C@@H](n3ccc(=O)[nH]c3=O)[C@](O)(C#C[Si](C)(C)C)[C@@H]2O[Si](C(C)C)(C(C)C)O1.O=c1ccn([C@@H]2O[C@H](CO)[C@@H](O)[C@H]2O)c(=O)[nH]1. The number of ketones is 1. The molecule has 7 aliphatic heterocycles. The molecular weight excluding hydrogens is 1680 g/mol. The van der Waals surface area contributed by atoms with Crippen LogP contribution in [0.15, 0.2) is 87.4 Å². The van der Waals surface area contributed by atoms with Crippen molar-refractivity contribution in [3.8, 4) is 11.5 Å². The zero-order valence-corrected chi connectivity index (χ0v) is 81.0. The van der Waals surface area contributed by atoms with Crippen molar-refractivity contribution in [1.29, 1.82) is 0 Å². The number of nitrogens with one attached hydrogen (secondary N) is 4. The number of H-pyrrole nitrogens is 4. The van der Waals surface area contributed by atoms with Crippen molar-refractivity contribution < 1.29 is 88.2 Å². The lowest BCUT2D eigenvalue weighted by Crippen LogP contribution is -2.67. The van der Waals surface area contributed by atoms with E-state index in [0.717, 1.165) is 21.4 Å². The Balaban J connectivity index is 0.000000226. The van der Waals surface area contributed by atoms with Gasteiger partial charge in [-0.1, -0.05) is 199 Å². The molecule has 0 spiro atoms. The molecule has 0 saturated carbocycles. The van der Waals surface area contributed by atoms with Crippen molar-refractivity contribution in [2.24, 2.45) is 0 Å². The first-order valence-electron chi connectivity index (χ1n) is 41.5. The van der Waals surface area contributed by atoms with Gasteiger partial charge in [0, 0.05) is 49.1 Å². The minimum atomic E-state index is -3.09. The monoisotopic (exact) mass is 1810 g/mol. The number of aliphatic hydroxyl groups is 5. The van der Waals surface area contributed by atoms with E-state index in [1.54, 1.807) is 0 Å². The van der Waals surface area contributed by atoms with Crippen molar-refractivity contribution >= 4 is 65.2 Å². The number of aromatic amines is 4. The Kier molecular flexibility index (Phi) is 33.7. The fourth-order valence-corrected chi connectivity index (χ4v) is 51.2. The van der Waals surface area contributed by atoms with Crippen LogP contribution in [0.25, 0.3) is 0 Å². The second-order valence-electron chi connectivity index (χ2n) is 36.7. The molecule has 4 aromatic heterocycles. The molecule has 4 aromatic rings. The summed E-state index contributed by atoms with van der Waals surface area (Å²) in [4.78, 5) is 117. The average molecular weight is 1810 g/mol. The normalized spacial score (nSPS) is 29.3. The van der Waals surface area contributed by atoms with E-state index in [0.29, 0.717) is 0 Å². The van der Waals surface area contributed by atoms with E-state index in [-0.39, 0.29) is 99.5 Å². The molecule has 0 unspecified atom stereocenters. The molecule has 120 heavy (non-hydrogen) atoms. The van der Waals surface area contributed by atoms with Gasteiger partial charge in [0.1, 0.15) is 69.1 Å². The highest BCUT2D eigenvalue weighted by molar-refractivity contribution is 6.86. The molecule has 0 bridgehead atoms. The van der Waals surface area contributed by atoms with Crippen LogP contribution in [0.2, 0.25) is 86.1 Å². The summed E-state index contributed by atoms with van der Waals surface area (Å²) in [6.45, 7) is 57.0. The van der Waals surface area contributed by atoms with Crippen LogP contribution in [0.4, 0.5) is 0 Å². The second kappa shape index (κ2) is 39.7. The van der Waals surface area contributed by atoms with E-state index in [2.05, 4.69) is 212 Å². The quantitative estimate of drug-likeness (QED) is 0.0365. The predicted molar refractivity (Wildman–Crippen MR) is 465 cm³/mol. The molecule has 11 heterocycles. The summed E-state index contributed by atoms with van der Waals surface area (Å²) in [6, 6.07) is 4.75. The Bertz CT molecular complexity index is 4650. The summed E-state index contributed by atoms with van der Waals surface area (Å²) in [5.41, 5.74) is -2.09. The van der Waals surface area contributed by atoms with Crippen molar-refractivity contribution in [3.05, 3.63) is 132 Å². The fraction of sp³-hybridized carbons (Fsp3) is 0.756. The van der Waals surface area contributed by atoms with E-state index in [1.807, 2.05) is 4.98 Å². The minimum Gasteiger partial charge on any atom is -0.414 e. The molecule has 678 valence electrons. The Hall–Kier alpha value is -5.25. The second-order valence-corrected chi connectivity index (χ2v) is 68.0. The number of nitrogens with zero attached hydrogens (tertiary/aromatic N) is 4. The van der Waals surface area contributed by atoms with E-state index < -0.39 is 203 Å². The number of Topliss-reactive ketones (excluding diaryl/α,β-unsaturated/α-hetero) is 1. The number of carbonyl (C=O) groups is 1. The first kappa shape index (κ1) is 102. The van der Waals surface area contributed by atoms with Gasteiger partial charge in [0.25, 0.3) is 22.2 Å². The largest absolute Gasteiger partial charge is 0.414 e. The number of fused-ring (bicyclic) bond motifs is 3. The van der Waals surface area contributed by atoms with Gasteiger partial charge in [0.15, 0.2) is 30.5 Å². The number of rotatable bonds is 17. The maximum atomic E-state index is 13.4. The van der Waals surface area contributed by atoms with Crippen molar-refractivity contribution in [2.45, 2.75) is 351 Å². The Morgan fingerprint density at radius 3 is 1.11 bits per heavy atom. The van der Waals surface area contributed by atoms with Crippen molar-refractivity contribution in [2.75, 3.05) is 26.4 Å². The molecule has 7 saturated heterocycles. The Labute approximate surface area is 709 Å². The number of hydrogen-bond donors (Lipinski definition) is 9. The molecule has 35 nitrogen and oxygen atoms in total. The van der Waals surface area contributed by atoms with Gasteiger partial charge in [0.2, 0.25) is 5.78 Å². The number of hydrogen-bond acceptors (Lipinski definition) is 27. The van der Waals surface area contributed by atoms with Gasteiger partial charge in [-0.2, -0.15) is 0 Å². The van der Waals surface area contributed by atoms with E-state index >= 15 is 0 Å². The Morgan fingerprint density at radius 2 is 0.758 bits per heavy atom. The van der Waals surface area contributed by atoms with Crippen LogP contribution < -0.4 is 45.0 Å². The molecule has 42 heteroatoms. The minimum absolute atomic E-state index is 0. The summed E-state index contributed by atoms with van der Waals surface area (Å²) in [5.74, 6) is 2.74. The standard InChI is InChI=1S/C26H46N2O7Si3.C21H38N2O7Si2.C21H36N2O7Si2.C9H12N2O6.CH4/c1-17(2)37(18(3)4)32-16-21-23(34-38(35-37,19(5)6)20(7)8)26(31,13-15-36(9,10)11)24(33-21)28-14-12-22(29)27-25(28)30;2*1-12(2)31(13(3)4)27-11-16-19(29-32(30-31,14(5)6)15(7)8)18(25)20(28-16)23-10-9-17(24)22-21(23)26;12-3-4-6(14)7(15)8(17-4)11-2-1-5(13)10-9(11)16;/h12,14,17-21,23-24,31H,16H2,1-11H3,(H,27,29,30);9-10,12-16,18-20,25H,11H2,1-8H3,(H,22,24,26);9-10,12-16,19-20H,11H2,1-8H3,(H,22,24,26);1-2,4,6-8,12,14-15H,3H2,(H,10,13,16);1H4/t21-,23-,24-,26+;16-,18-,19-,20-;16-,19-,20-;4-,6-,7-,8-;/m1111./s1. The molecule has 0 aromatic carbocycles. The predicted octanol–water partition coefficient (Wildman–Crippen LogP) is 7.50. The zero-order valence-electron chi connectivity index (χ0n) is 74.0. The van der Waals surface area contributed by atoms with Crippen LogP contribution >= 0.6 is 0 Å². The summed E-state index contributed by atoms with van der Waals surface area (Å²) in [7, 11) is -19.2. The topological polar surface area (TPSA) is 458 Å². The molecule has 0 amide bonds. The van der Waals surface area contributed by atoms with Crippen LogP contribution in [0.1, 0.15) is 199 Å². The van der Waals surface area contributed by atoms with Crippen LogP contribution in [0, 0.1) is 11.5 Å². The van der Waals surface area contributed by atoms with Crippen molar-refractivity contribution in [1.82, 2.24) is 38.2 Å². The molecule has 0 aliphatic carbocycles. The third-order valence-electron chi connectivity index (χ3n) is 23.5. The molecule has 9 N–H and O–H groups in total. The molecule has 15 atom stereocenters. The number of carbonyl (C=O) groups excluding carboxylic acids is 1.